The summed E-state index contributed by atoms with van der Waals surface area (Å²) in [4.78, 5) is 22.8. The molecule has 0 bridgehead atoms. The molecule has 0 saturated carbocycles. The number of anilines is 1. The van der Waals surface area contributed by atoms with Gasteiger partial charge in [-0.2, -0.15) is 0 Å². The summed E-state index contributed by atoms with van der Waals surface area (Å²) in [6.45, 7) is 1.39. The van der Waals surface area contributed by atoms with Crippen LogP contribution >= 0.6 is 46.7 Å². The van der Waals surface area contributed by atoms with E-state index in [4.69, 9.17) is 26.1 Å². The van der Waals surface area contributed by atoms with Gasteiger partial charge in [0.1, 0.15) is 4.88 Å². The lowest BCUT2D eigenvalue weighted by atomic mass is 10.2. The summed E-state index contributed by atoms with van der Waals surface area (Å²) in [6, 6.07) is 11.5. The van der Waals surface area contributed by atoms with Crippen molar-refractivity contribution in [2.24, 2.45) is 0 Å². The number of aromatic nitrogens is 1. The average Bonchev–Trinajstić information content (AvgIpc) is 3.35. The highest BCUT2D eigenvalue weighted by Gasteiger charge is 2.26. The third-order valence-electron chi connectivity index (χ3n) is 5.07. The Morgan fingerprint density at radius 3 is 2.39 bits per heavy atom. The van der Waals surface area contributed by atoms with Crippen molar-refractivity contribution in [2.75, 3.05) is 46.3 Å². The summed E-state index contributed by atoms with van der Waals surface area (Å²) in [7, 11) is 7.24. The number of rotatable bonds is 8. The lowest BCUT2D eigenvalue weighted by molar-refractivity contribution is 0.0990. The Morgan fingerprint density at radius 2 is 1.73 bits per heavy atom. The van der Waals surface area contributed by atoms with E-state index in [1.54, 1.807) is 19.1 Å². The minimum Gasteiger partial charge on any atom is -0.493 e. The highest BCUT2D eigenvalue weighted by molar-refractivity contribution is 7.23. The molecule has 0 atom stereocenters. The van der Waals surface area contributed by atoms with Gasteiger partial charge in [0.15, 0.2) is 16.6 Å². The topological polar surface area (TPSA) is 54.9 Å². The molecule has 4 rings (SSSR count). The minimum absolute atomic E-state index is 0. The second kappa shape index (κ2) is 10.9. The van der Waals surface area contributed by atoms with Crippen molar-refractivity contribution in [1.29, 1.82) is 0 Å². The minimum atomic E-state index is -0.132. The van der Waals surface area contributed by atoms with Gasteiger partial charge in [0.2, 0.25) is 0 Å². The third kappa shape index (κ3) is 5.20. The second-order valence-corrected chi connectivity index (χ2v) is 9.97. The lowest BCUT2D eigenvalue weighted by Gasteiger charge is -2.20. The number of carbonyl (C=O) groups is 1. The van der Waals surface area contributed by atoms with Crippen LogP contribution in [0.5, 0.6) is 11.5 Å². The van der Waals surface area contributed by atoms with Crippen LogP contribution in [0.4, 0.5) is 5.13 Å². The van der Waals surface area contributed by atoms with Crippen LogP contribution in [0.1, 0.15) is 16.1 Å². The highest BCUT2D eigenvalue weighted by Crippen LogP contribution is 2.40. The summed E-state index contributed by atoms with van der Waals surface area (Å²) < 4.78 is 12.7. The van der Waals surface area contributed by atoms with E-state index in [2.05, 4.69) is 4.90 Å². The summed E-state index contributed by atoms with van der Waals surface area (Å²) in [5.74, 6) is 1.11. The van der Waals surface area contributed by atoms with E-state index in [1.165, 1.54) is 22.7 Å². The first kappa shape index (κ1) is 25.5. The van der Waals surface area contributed by atoms with Crippen LogP contribution < -0.4 is 14.4 Å². The Morgan fingerprint density at radius 1 is 1.03 bits per heavy atom. The molecule has 33 heavy (non-hydrogen) atoms. The number of hydrogen-bond donors (Lipinski definition) is 0. The molecule has 0 aliphatic rings. The smallest absolute Gasteiger partial charge is 0.271 e. The molecule has 0 aliphatic carbocycles. The predicted molar refractivity (Wildman–Crippen MR) is 142 cm³/mol. The molecular formula is C23H25Cl2N3O3S2. The summed E-state index contributed by atoms with van der Waals surface area (Å²) in [5, 5.41) is 2.03. The van der Waals surface area contributed by atoms with Crippen LogP contribution in [-0.2, 0) is 0 Å². The van der Waals surface area contributed by atoms with Gasteiger partial charge in [-0.1, -0.05) is 41.1 Å². The van der Waals surface area contributed by atoms with Crippen LogP contribution in [0, 0.1) is 0 Å². The van der Waals surface area contributed by atoms with Crippen molar-refractivity contribution in [3.8, 4) is 11.5 Å². The molecule has 2 heterocycles. The van der Waals surface area contributed by atoms with Gasteiger partial charge in [0.05, 0.1) is 29.5 Å². The lowest BCUT2D eigenvalue weighted by Crippen LogP contribution is -2.33. The van der Waals surface area contributed by atoms with Crippen LogP contribution in [0.15, 0.2) is 36.4 Å². The van der Waals surface area contributed by atoms with Gasteiger partial charge in [-0.15, -0.1) is 23.7 Å². The zero-order valence-corrected chi connectivity index (χ0v) is 22.0. The number of fused-ring (bicyclic) bond motifs is 2. The van der Waals surface area contributed by atoms with Gasteiger partial charge in [-0.3, -0.25) is 9.69 Å². The standard InChI is InChI=1S/C23H24ClN3O3S2.ClH/c1-26(2)10-7-11-27(22(28)21-20(24)14-8-5-6-9-18(14)31-21)23-25-15-12-16(29-3)17(30-4)13-19(15)32-23;/h5-6,8-9,12-13H,7,10-11H2,1-4H3;1H. The average molecular weight is 527 g/mol. The number of thiophene rings is 1. The van der Waals surface area contributed by atoms with E-state index >= 15 is 0 Å². The van der Waals surface area contributed by atoms with E-state index in [0.29, 0.717) is 33.1 Å². The Balaban J connectivity index is 0.00000306. The normalized spacial score (nSPS) is 11.1. The molecule has 0 aliphatic heterocycles. The first-order valence-electron chi connectivity index (χ1n) is 10.1. The SMILES string of the molecule is COc1cc2nc(N(CCCN(C)C)C(=O)c3sc4ccccc4c3Cl)sc2cc1OC.Cl. The fourth-order valence-corrected chi connectivity index (χ4v) is 5.92. The Labute approximate surface area is 212 Å². The van der Waals surface area contributed by atoms with E-state index in [1.807, 2.05) is 50.5 Å². The van der Waals surface area contributed by atoms with E-state index in [0.717, 1.165) is 33.3 Å². The molecule has 0 unspecified atom stereocenters. The molecule has 176 valence electrons. The van der Waals surface area contributed by atoms with Crippen LogP contribution in [0.3, 0.4) is 0 Å². The van der Waals surface area contributed by atoms with Gasteiger partial charge in [0.25, 0.3) is 5.91 Å². The third-order valence-corrected chi connectivity index (χ3v) is 7.78. The molecule has 0 spiro atoms. The van der Waals surface area contributed by atoms with Gasteiger partial charge in [-0.25, -0.2) is 4.98 Å². The molecule has 10 heteroatoms. The highest BCUT2D eigenvalue weighted by atomic mass is 35.5. The fourth-order valence-electron chi connectivity index (χ4n) is 3.46. The largest absolute Gasteiger partial charge is 0.493 e. The predicted octanol–water partition coefficient (Wildman–Crippen LogP) is 6.20. The van der Waals surface area contributed by atoms with Crippen molar-refractivity contribution >= 4 is 78.0 Å². The van der Waals surface area contributed by atoms with Crippen molar-refractivity contribution in [3.05, 3.63) is 46.3 Å². The number of halogens is 2. The number of thiazole rings is 1. The molecule has 2 aromatic heterocycles. The molecule has 1 amide bonds. The van der Waals surface area contributed by atoms with Gasteiger partial charge in [0, 0.05) is 28.8 Å². The maximum Gasteiger partial charge on any atom is 0.271 e. The number of nitrogens with zero attached hydrogens (tertiary/aromatic N) is 3. The molecular weight excluding hydrogens is 501 g/mol. The number of ether oxygens (including phenoxy) is 2. The molecule has 0 saturated heterocycles. The van der Waals surface area contributed by atoms with Gasteiger partial charge in [-0.05, 0) is 33.1 Å². The van der Waals surface area contributed by atoms with Crippen molar-refractivity contribution < 1.29 is 14.3 Å². The van der Waals surface area contributed by atoms with Crippen molar-refractivity contribution in [1.82, 2.24) is 9.88 Å². The number of amides is 1. The molecule has 0 radical (unpaired) electrons. The first-order valence-corrected chi connectivity index (χ1v) is 12.1. The molecule has 0 N–H and O–H groups in total. The summed E-state index contributed by atoms with van der Waals surface area (Å²) in [6.07, 6.45) is 0.809. The number of hydrogen-bond acceptors (Lipinski definition) is 7. The second-order valence-electron chi connectivity index (χ2n) is 7.53. The molecule has 0 fully saturated rings. The Kier molecular flexibility index (Phi) is 8.42. The maximum absolute atomic E-state index is 13.7. The number of benzene rings is 2. The quantitative estimate of drug-likeness (QED) is 0.274. The maximum atomic E-state index is 13.7. The van der Waals surface area contributed by atoms with Gasteiger partial charge >= 0.3 is 0 Å². The van der Waals surface area contributed by atoms with Gasteiger partial charge < -0.3 is 14.4 Å². The van der Waals surface area contributed by atoms with E-state index < -0.39 is 0 Å². The fraction of sp³-hybridized carbons (Fsp3) is 0.304. The zero-order chi connectivity index (χ0) is 22.8. The number of methoxy groups -OCH3 is 2. The molecule has 4 aromatic rings. The summed E-state index contributed by atoms with van der Waals surface area (Å²) >= 11 is 9.50. The van der Waals surface area contributed by atoms with Crippen LogP contribution in [0.2, 0.25) is 5.02 Å². The Bertz CT molecular complexity index is 1230. The molecule has 6 nitrogen and oxygen atoms in total. The number of carbonyl (C=O) groups excluding carboxylic acids is 1. The zero-order valence-electron chi connectivity index (χ0n) is 18.8. The molecule has 2 aromatic carbocycles. The van der Waals surface area contributed by atoms with Crippen molar-refractivity contribution in [3.63, 3.8) is 0 Å². The van der Waals surface area contributed by atoms with E-state index in [9.17, 15) is 4.79 Å². The van der Waals surface area contributed by atoms with Crippen molar-refractivity contribution in [2.45, 2.75) is 6.42 Å². The monoisotopic (exact) mass is 525 g/mol. The van der Waals surface area contributed by atoms with E-state index in [-0.39, 0.29) is 18.3 Å². The first-order chi connectivity index (χ1) is 15.4. The summed E-state index contributed by atoms with van der Waals surface area (Å²) in [5.41, 5.74) is 0.760. The van der Waals surface area contributed by atoms with Crippen LogP contribution in [0.25, 0.3) is 20.3 Å². The van der Waals surface area contributed by atoms with Crippen LogP contribution in [-0.4, -0.2) is 57.2 Å². The Hall–Kier alpha value is -2.10.